The van der Waals surface area contributed by atoms with Crippen molar-refractivity contribution in [2.45, 2.75) is 19.9 Å². The molecule has 0 saturated carbocycles. The summed E-state index contributed by atoms with van der Waals surface area (Å²) in [6.45, 7) is 3.29. The molecule has 2 N–H and O–H groups in total. The summed E-state index contributed by atoms with van der Waals surface area (Å²) >= 11 is 5.89. The van der Waals surface area contributed by atoms with Crippen molar-refractivity contribution in [3.8, 4) is 0 Å². The highest BCUT2D eigenvalue weighted by molar-refractivity contribution is 6.30. The first-order valence-electron chi connectivity index (χ1n) is 7.79. The van der Waals surface area contributed by atoms with Crippen LogP contribution >= 0.6 is 11.6 Å². The monoisotopic (exact) mass is 342 g/mol. The van der Waals surface area contributed by atoms with E-state index in [-0.39, 0.29) is 0 Å². The van der Waals surface area contributed by atoms with Crippen LogP contribution in [0.2, 0.25) is 5.02 Å². The highest BCUT2D eigenvalue weighted by atomic mass is 35.5. The summed E-state index contributed by atoms with van der Waals surface area (Å²) in [5, 5.41) is 7.26. The number of nitrogens with one attached hydrogen (secondary N) is 2. The molecule has 0 unspecified atom stereocenters. The number of halogens is 1. The van der Waals surface area contributed by atoms with Crippen molar-refractivity contribution < 1.29 is 4.42 Å². The number of benzene rings is 1. The third-order valence-corrected chi connectivity index (χ3v) is 3.74. The van der Waals surface area contributed by atoms with Crippen molar-refractivity contribution in [3.63, 3.8) is 0 Å². The van der Waals surface area contributed by atoms with Gasteiger partial charge in [-0.3, -0.25) is 0 Å². The first-order chi connectivity index (χ1) is 11.7. The van der Waals surface area contributed by atoms with Crippen LogP contribution in [0, 0.1) is 6.92 Å². The zero-order valence-electron chi connectivity index (χ0n) is 13.4. The van der Waals surface area contributed by atoms with Gasteiger partial charge in [-0.05, 0) is 43.2 Å². The van der Waals surface area contributed by atoms with Crippen molar-refractivity contribution in [2.24, 2.45) is 0 Å². The average Bonchev–Trinajstić information content (AvgIpc) is 3.08. The van der Waals surface area contributed by atoms with Gasteiger partial charge in [-0.1, -0.05) is 23.7 Å². The summed E-state index contributed by atoms with van der Waals surface area (Å²) < 4.78 is 5.31. The van der Waals surface area contributed by atoms with Crippen LogP contribution in [0.15, 0.2) is 53.1 Å². The van der Waals surface area contributed by atoms with E-state index in [9.17, 15) is 0 Å². The SMILES string of the molecule is Cc1cc(NCc2ccco2)nc(NCCc2ccc(Cl)cc2)n1. The predicted octanol–water partition coefficient (Wildman–Crippen LogP) is 4.30. The molecule has 0 atom stereocenters. The van der Waals surface area contributed by atoms with Gasteiger partial charge in [0.1, 0.15) is 11.6 Å². The minimum atomic E-state index is 0.591. The van der Waals surface area contributed by atoms with E-state index in [1.807, 2.05) is 49.4 Å². The largest absolute Gasteiger partial charge is 0.467 e. The molecule has 5 nitrogen and oxygen atoms in total. The van der Waals surface area contributed by atoms with Crippen molar-refractivity contribution in [3.05, 3.63) is 70.8 Å². The zero-order valence-corrected chi connectivity index (χ0v) is 14.2. The molecule has 2 heterocycles. The third kappa shape index (κ3) is 4.73. The Labute approximate surface area is 146 Å². The highest BCUT2D eigenvalue weighted by Crippen LogP contribution is 2.13. The maximum absolute atomic E-state index is 5.89. The second-order valence-corrected chi connectivity index (χ2v) is 5.89. The number of hydrogen-bond donors (Lipinski definition) is 2. The first-order valence-corrected chi connectivity index (χ1v) is 8.17. The van der Waals surface area contributed by atoms with Gasteiger partial charge >= 0.3 is 0 Å². The highest BCUT2D eigenvalue weighted by Gasteiger charge is 2.03. The van der Waals surface area contributed by atoms with Gasteiger partial charge < -0.3 is 15.1 Å². The molecule has 6 heteroatoms. The van der Waals surface area contributed by atoms with E-state index in [4.69, 9.17) is 16.0 Å². The second-order valence-electron chi connectivity index (χ2n) is 5.45. The van der Waals surface area contributed by atoms with Crippen LogP contribution in [-0.4, -0.2) is 16.5 Å². The molecule has 0 amide bonds. The molecule has 0 spiro atoms. The van der Waals surface area contributed by atoms with Crippen LogP contribution in [0.5, 0.6) is 0 Å². The molecule has 0 bridgehead atoms. The average molecular weight is 343 g/mol. The smallest absolute Gasteiger partial charge is 0.224 e. The molecule has 0 aliphatic carbocycles. The summed E-state index contributed by atoms with van der Waals surface area (Å²) in [5.41, 5.74) is 2.12. The van der Waals surface area contributed by atoms with E-state index in [1.54, 1.807) is 6.26 Å². The van der Waals surface area contributed by atoms with Gasteiger partial charge in [0.25, 0.3) is 0 Å². The van der Waals surface area contributed by atoms with Crippen molar-refractivity contribution >= 4 is 23.4 Å². The summed E-state index contributed by atoms with van der Waals surface area (Å²) in [6, 6.07) is 13.5. The van der Waals surface area contributed by atoms with Gasteiger partial charge in [0.15, 0.2) is 0 Å². The Hall–Kier alpha value is -2.53. The fraction of sp³-hybridized carbons (Fsp3) is 0.222. The second kappa shape index (κ2) is 7.84. The maximum atomic E-state index is 5.89. The number of anilines is 2. The number of rotatable bonds is 7. The van der Waals surface area contributed by atoms with Crippen molar-refractivity contribution in [1.29, 1.82) is 0 Å². The Morgan fingerprint density at radius 2 is 1.92 bits per heavy atom. The molecule has 0 aliphatic rings. The lowest BCUT2D eigenvalue weighted by atomic mass is 10.1. The summed E-state index contributed by atoms with van der Waals surface area (Å²) in [4.78, 5) is 8.90. The minimum absolute atomic E-state index is 0.591. The standard InChI is InChI=1S/C18H19ClN4O/c1-13-11-17(21-12-16-3-2-10-24-16)23-18(22-13)20-9-8-14-4-6-15(19)7-5-14/h2-7,10-11H,8-9,12H2,1H3,(H2,20,21,22,23). The van der Waals surface area contributed by atoms with Crippen LogP contribution in [0.25, 0.3) is 0 Å². The van der Waals surface area contributed by atoms with Crippen LogP contribution in [0.3, 0.4) is 0 Å². The normalized spacial score (nSPS) is 10.6. The number of aryl methyl sites for hydroxylation is 1. The van der Waals surface area contributed by atoms with Crippen LogP contribution in [0.1, 0.15) is 17.0 Å². The number of aromatic nitrogens is 2. The Bertz CT molecular complexity index is 772. The number of furan rings is 1. The topological polar surface area (TPSA) is 63.0 Å². The molecule has 2 aromatic heterocycles. The van der Waals surface area contributed by atoms with Crippen LogP contribution in [0.4, 0.5) is 11.8 Å². The van der Waals surface area contributed by atoms with E-state index in [0.29, 0.717) is 12.5 Å². The van der Waals surface area contributed by atoms with Gasteiger partial charge in [-0.25, -0.2) is 4.98 Å². The molecule has 0 fully saturated rings. The van der Waals surface area contributed by atoms with E-state index in [1.165, 1.54) is 5.56 Å². The van der Waals surface area contributed by atoms with Gasteiger partial charge in [-0.15, -0.1) is 0 Å². The van der Waals surface area contributed by atoms with E-state index < -0.39 is 0 Å². The molecule has 0 aliphatic heterocycles. The molecule has 0 radical (unpaired) electrons. The maximum Gasteiger partial charge on any atom is 0.224 e. The molecular weight excluding hydrogens is 324 g/mol. The van der Waals surface area contributed by atoms with Crippen molar-refractivity contribution in [1.82, 2.24) is 9.97 Å². The lowest BCUT2D eigenvalue weighted by molar-refractivity contribution is 0.518. The van der Waals surface area contributed by atoms with Gasteiger partial charge in [0.05, 0.1) is 12.8 Å². The van der Waals surface area contributed by atoms with Gasteiger partial charge in [0, 0.05) is 23.3 Å². The van der Waals surface area contributed by atoms with E-state index in [2.05, 4.69) is 20.6 Å². The summed E-state index contributed by atoms with van der Waals surface area (Å²) in [6.07, 6.45) is 2.54. The molecule has 1 aromatic carbocycles. The molecule has 0 saturated heterocycles. The Balaban J connectivity index is 1.55. The molecule has 24 heavy (non-hydrogen) atoms. The Morgan fingerprint density at radius 1 is 1.08 bits per heavy atom. The molecule has 3 aromatic rings. The fourth-order valence-electron chi connectivity index (χ4n) is 2.30. The summed E-state index contributed by atoms with van der Waals surface area (Å²) in [7, 11) is 0. The predicted molar refractivity (Wildman–Crippen MR) is 96.4 cm³/mol. The van der Waals surface area contributed by atoms with Crippen molar-refractivity contribution in [2.75, 3.05) is 17.2 Å². The molecule has 3 rings (SSSR count). The first kappa shape index (κ1) is 16.3. The van der Waals surface area contributed by atoms with Crippen LogP contribution < -0.4 is 10.6 Å². The van der Waals surface area contributed by atoms with Gasteiger partial charge in [0.2, 0.25) is 5.95 Å². The number of hydrogen-bond acceptors (Lipinski definition) is 5. The van der Waals surface area contributed by atoms with E-state index in [0.717, 1.165) is 35.3 Å². The zero-order chi connectivity index (χ0) is 16.8. The minimum Gasteiger partial charge on any atom is -0.467 e. The number of nitrogens with zero attached hydrogens (tertiary/aromatic N) is 2. The third-order valence-electron chi connectivity index (χ3n) is 3.49. The lowest BCUT2D eigenvalue weighted by Gasteiger charge is -2.09. The Kier molecular flexibility index (Phi) is 5.33. The quantitative estimate of drug-likeness (QED) is 0.670. The summed E-state index contributed by atoms with van der Waals surface area (Å²) in [5.74, 6) is 2.25. The van der Waals surface area contributed by atoms with Crippen LogP contribution in [-0.2, 0) is 13.0 Å². The van der Waals surface area contributed by atoms with E-state index >= 15 is 0 Å². The molecule has 124 valence electrons. The lowest BCUT2D eigenvalue weighted by Crippen LogP contribution is -2.10. The fourth-order valence-corrected chi connectivity index (χ4v) is 2.42. The Morgan fingerprint density at radius 3 is 2.67 bits per heavy atom. The van der Waals surface area contributed by atoms with Gasteiger partial charge in [-0.2, -0.15) is 4.98 Å². The molecular formula is C18H19ClN4O.